The Kier molecular flexibility index (Phi) is 6.23. The quantitative estimate of drug-likeness (QED) is 0.340. The Hall–Kier alpha value is -3.31. The standard InChI is InChI=1S/C23H23N5O2P/c1-23(31)14-21-19(15-24-27-23)13-20(25-26-21)18-7-10-28(11-8-18)12-9-22(29)30-16-17-5-3-2-4-6-17/h2-8,10-11,13-15H,9,12,16,31H2,1H3/q+1. The van der Waals surface area contributed by atoms with Gasteiger partial charge < -0.3 is 4.74 Å². The minimum atomic E-state index is -0.488. The lowest BCUT2D eigenvalue weighted by atomic mass is 10.1. The van der Waals surface area contributed by atoms with Crippen molar-refractivity contribution in [1.82, 2.24) is 10.2 Å². The van der Waals surface area contributed by atoms with Gasteiger partial charge in [-0.2, -0.15) is 15.3 Å². The fraction of sp³-hybridized carbons (Fsp3) is 0.217. The summed E-state index contributed by atoms with van der Waals surface area (Å²) in [6.45, 7) is 2.77. The number of ether oxygens (including phenoxy) is 1. The lowest BCUT2D eigenvalue weighted by molar-refractivity contribution is -0.695. The second kappa shape index (κ2) is 9.23. The smallest absolute Gasteiger partial charge is 0.312 e. The van der Waals surface area contributed by atoms with Gasteiger partial charge in [0.2, 0.25) is 0 Å². The molecule has 4 rings (SSSR count). The predicted molar refractivity (Wildman–Crippen MR) is 120 cm³/mol. The Balaban J connectivity index is 1.39. The molecule has 8 heteroatoms. The molecule has 0 N–H and O–H groups in total. The number of pyridine rings is 1. The van der Waals surface area contributed by atoms with Gasteiger partial charge >= 0.3 is 5.97 Å². The number of hydrogen-bond donors (Lipinski definition) is 0. The van der Waals surface area contributed by atoms with Crippen LogP contribution in [0, 0.1) is 0 Å². The summed E-state index contributed by atoms with van der Waals surface area (Å²) in [5.74, 6) is -0.223. The van der Waals surface area contributed by atoms with E-state index in [1.54, 1.807) is 6.20 Å². The molecule has 0 radical (unpaired) electrons. The largest absolute Gasteiger partial charge is 0.461 e. The summed E-state index contributed by atoms with van der Waals surface area (Å²) in [5.41, 5.74) is 2.66. The predicted octanol–water partition coefficient (Wildman–Crippen LogP) is 2.14. The second-order valence-electron chi connectivity index (χ2n) is 7.51. The summed E-state index contributed by atoms with van der Waals surface area (Å²) in [6.07, 6.45) is 7.76. The van der Waals surface area contributed by atoms with E-state index in [-0.39, 0.29) is 5.97 Å². The molecule has 0 bridgehead atoms. The third-order valence-electron chi connectivity index (χ3n) is 4.76. The molecule has 3 aromatic rings. The number of esters is 1. The highest BCUT2D eigenvalue weighted by Gasteiger charge is 2.15. The van der Waals surface area contributed by atoms with E-state index in [0.29, 0.717) is 19.6 Å². The molecule has 156 valence electrons. The number of nitrogens with zero attached hydrogens (tertiary/aromatic N) is 5. The van der Waals surface area contributed by atoms with Gasteiger partial charge in [-0.1, -0.05) is 30.3 Å². The molecule has 1 aliphatic heterocycles. The molecule has 3 heterocycles. The van der Waals surface area contributed by atoms with E-state index in [9.17, 15) is 4.79 Å². The molecule has 2 aromatic heterocycles. The van der Waals surface area contributed by atoms with E-state index >= 15 is 0 Å². The Morgan fingerprint density at radius 1 is 1.13 bits per heavy atom. The van der Waals surface area contributed by atoms with Gasteiger partial charge in [-0.3, -0.25) is 4.79 Å². The zero-order valence-corrected chi connectivity index (χ0v) is 18.3. The molecular formula is C23H23N5O2P+. The molecular weight excluding hydrogens is 409 g/mol. The average molecular weight is 432 g/mol. The maximum Gasteiger partial charge on any atom is 0.312 e. The molecule has 1 aromatic carbocycles. The van der Waals surface area contributed by atoms with E-state index in [1.807, 2.05) is 78.5 Å². The second-order valence-corrected chi connectivity index (χ2v) is 8.67. The summed E-state index contributed by atoms with van der Waals surface area (Å²) < 4.78 is 7.27. The van der Waals surface area contributed by atoms with Crippen LogP contribution in [-0.2, 0) is 22.7 Å². The van der Waals surface area contributed by atoms with Crippen LogP contribution in [0.25, 0.3) is 23.5 Å². The molecule has 1 aliphatic rings. The van der Waals surface area contributed by atoms with Gasteiger partial charge in [0.1, 0.15) is 18.3 Å². The Labute approximate surface area is 182 Å². The third-order valence-corrected chi connectivity index (χ3v) is 5.04. The molecule has 0 aliphatic carbocycles. The highest BCUT2D eigenvalue weighted by atomic mass is 31.0. The average Bonchev–Trinajstić information content (AvgIpc) is 2.93. The maximum absolute atomic E-state index is 12.0. The number of carbonyl (C=O) groups excluding carboxylic acids is 1. The molecule has 7 nitrogen and oxygen atoms in total. The number of aryl methyl sites for hydroxylation is 1. The topological polar surface area (TPSA) is 80.7 Å². The van der Waals surface area contributed by atoms with Crippen LogP contribution in [0.15, 0.2) is 71.2 Å². The SMILES string of the molecule is CC1(P)C=c2nnc(-c3cc[n+](CCC(=O)OCc4ccccc4)cc3)cc2=CN=N1. The molecule has 0 amide bonds. The summed E-state index contributed by atoms with van der Waals surface area (Å²) in [7, 11) is 2.65. The fourth-order valence-electron chi connectivity index (χ4n) is 3.10. The lowest BCUT2D eigenvalue weighted by Gasteiger charge is -2.09. The van der Waals surface area contributed by atoms with Crippen LogP contribution < -0.4 is 15.1 Å². The number of carbonyl (C=O) groups is 1. The normalized spacial score (nSPS) is 17.1. The molecule has 0 saturated carbocycles. The monoisotopic (exact) mass is 432 g/mol. The third kappa shape index (κ3) is 5.64. The minimum Gasteiger partial charge on any atom is -0.461 e. The van der Waals surface area contributed by atoms with Crippen LogP contribution >= 0.6 is 9.24 Å². The summed E-state index contributed by atoms with van der Waals surface area (Å²) in [4.78, 5) is 12.0. The number of benzene rings is 1. The van der Waals surface area contributed by atoms with Gasteiger partial charge in [0.15, 0.2) is 18.9 Å². The van der Waals surface area contributed by atoms with Crippen LogP contribution in [0.5, 0.6) is 0 Å². The van der Waals surface area contributed by atoms with Gasteiger partial charge in [-0.05, 0) is 24.6 Å². The van der Waals surface area contributed by atoms with E-state index in [0.717, 1.165) is 27.4 Å². The Morgan fingerprint density at radius 2 is 1.90 bits per heavy atom. The first-order chi connectivity index (χ1) is 15.0. The minimum absolute atomic E-state index is 0.223. The van der Waals surface area contributed by atoms with Crippen molar-refractivity contribution < 1.29 is 14.1 Å². The Morgan fingerprint density at radius 3 is 2.68 bits per heavy atom. The number of azo groups is 1. The van der Waals surface area contributed by atoms with Crippen molar-refractivity contribution in [2.45, 2.75) is 31.8 Å². The van der Waals surface area contributed by atoms with Crippen LogP contribution in [-0.4, -0.2) is 21.4 Å². The van der Waals surface area contributed by atoms with Gasteiger partial charge in [0.05, 0.1) is 17.2 Å². The zero-order valence-electron chi connectivity index (χ0n) is 17.2. The zero-order chi connectivity index (χ0) is 21.7. The van der Waals surface area contributed by atoms with Gasteiger partial charge in [0, 0.05) is 22.9 Å². The first-order valence-corrected chi connectivity index (χ1v) is 10.5. The van der Waals surface area contributed by atoms with E-state index in [1.165, 1.54) is 0 Å². The number of hydrogen-bond acceptors (Lipinski definition) is 6. The number of aromatic nitrogens is 3. The van der Waals surface area contributed by atoms with Gasteiger partial charge in [-0.15, -0.1) is 14.3 Å². The van der Waals surface area contributed by atoms with Crippen LogP contribution in [0.3, 0.4) is 0 Å². The van der Waals surface area contributed by atoms with Crippen molar-refractivity contribution in [1.29, 1.82) is 0 Å². The maximum atomic E-state index is 12.0. The van der Waals surface area contributed by atoms with Crippen LogP contribution in [0.1, 0.15) is 18.9 Å². The molecule has 0 fully saturated rings. The first-order valence-electron chi connectivity index (χ1n) is 9.95. The van der Waals surface area contributed by atoms with Crippen molar-refractivity contribution in [3.8, 4) is 11.3 Å². The van der Waals surface area contributed by atoms with E-state index < -0.39 is 5.28 Å². The summed E-state index contributed by atoms with van der Waals surface area (Å²) in [6, 6.07) is 15.5. The van der Waals surface area contributed by atoms with Gasteiger partial charge in [0.25, 0.3) is 0 Å². The van der Waals surface area contributed by atoms with Gasteiger partial charge in [-0.25, -0.2) is 4.57 Å². The first kappa shape index (κ1) is 20.9. The molecule has 0 saturated heterocycles. The molecule has 2 unspecified atom stereocenters. The van der Waals surface area contributed by atoms with E-state index in [4.69, 9.17) is 4.74 Å². The van der Waals surface area contributed by atoms with Crippen molar-refractivity contribution in [3.63, 3.8) is 0 Å². The van der Waals surface area contributed by atoms with Crippen molar-refractivity contribution in [3.05, 3.63) is 77.1 Å². The lowest BCUT2D eigenvalue weighted by Crippen LogP contribution is -2.34. The Bertz CT molecular complexity index is 1230. The summed E-state index contributed by atoms with van der Waals surface area (Å²) in [5, 5.41) is 18.2. The fourth-order valence-corrected chi connectivity index (χ4v) is 3.33. The molecule has 0 spiro atoms. The van der Waals surface area contributed by atoms with Crippen molar-refractivity contribution in [2.24, 2.45) is 10.2 Å². The highest BCUT2D eigenvalue weighted by Crippen LogP contribution is 2.22. The van der Waals surface area contributed by atoms with Crippen LogP contribution in [0.4, 0.5) is 0 Å². The molecule has 31 heavy (non-hydrogen) atoms. The number of fused-ring (bicyclic) bond motifs is 1. The van der Waals surface area contributed by atoms with Crippen LogP contribution in [0.2, 0.25) is 0 Å². The van der Waals surface area contributed by atoms with E-state index in [2.05, 4.69) is 29.7 Å². The number of rotatable bonds is 6. The van der Waals surface area contributed by atoms with Crippen molar-refractivity contribution >= 4 is 27.5 Å². The highest BCUT2D eigenvalue weighted by molar-refractivity contribution is 7.19. The molecule has 2 atom stereocenters. The van der Waals surface area contributed by atoms with Crippen molar-refractivity contribution in [2.75, 3.05) is 0 Å². The summed E-state index contributed by atoms with van der Waals surface area (Å²) >= 11 is 0.